The minimum atomic E-state index is -2.95. The second-order valence-electron chi connectivity index (χ2n) is 4.06. The van der Waals surface area contributed by atoms with E-state index < -0.39 is 15.9 Å². The summed E-state index contributed by atoms with van der Waals surface area (Å²) in [5.74, 6) is 0.288. The normalized spacial score (nSPS) is 13.6. The Bertz CT molecular complexity index is 500. The Hall–Kier alpha value is 0.0900. The zero-order valence-corrected chi connectivity index (χ0v) is 14.1. The molecule has 1 rings (SSSR count). The third-order valence-corrected chi connectivity index (χ3v) is 5.70. The fraction of sp³-hybridized carbons (Fsp3) is 0.500. The Kier molecular flexibility index (Phi) is 6.30. The van der Waals surface area contributed by atoms with E-state index in [1.165, 1.54) is 0 Å². The van der Waals surface area contributed by atoms with Crippen molar-refractivity contribution in [1.82, 2.24) is 0 Å². The fourth-order valence-electron chi connectivity index (χ4n) is 1.57. The molecule has 1 atom stereocenters. The standard InChI is InChI=1S/C12H16Br2O3S/c1-2-18(16,17)7-3-4-12(15)10-8-9(13)5-6-11(10)14/h5-6,8,12,15H,2-4,7H2,1H3. The van der Waals surface area contributed by atoms with Gasteiger partial charge in [-0.3, -0.25) is 0 Å². The molecule has 0 heterocycles. The van der Waals surface area contributed by atoms with Crippen LogP contribution in [-0.4, -0.2) is 25.0 Å². The highest BCUT2D eigenvalue weighted by molar-refractivity contribution is 9.11. The first-order valence-corrected chi connectivity index (χ1v) is 9.10. The molecule has 6 heteroatoms. The SMILES string of the molecule is CCS(=O)(=O)CCCC(O)c1cc(Br)ccc1Br. The molecular weight excluding hydrogens is 384 g/mol. The summed E-state index contributed by atoms with van der Waals surface area (Å²) in [6, 6.07) is 5.57. The average molecular weight is 400 g/mol. The molecule has 18 heavy (non-hydrogen) atoms. The lowest BCUT2D eigenvalue weighted by Crippen LogP contribution is -2.10. The number of rotatable bonds is 6. The van der Waals surface area contributed by atoms with Crippen LogP contribution in [0.25, 0.3) is 0 Å². The van der Waals surface area contributed by atoms with Gasteiger partial charge in [-0.1, -0.05) is 38.8 Å². The van der Waals surface area contributed by atoms with E-state index in [1.54, 1.807) is 6.92 Å². The minimum absolute atomic E-state index is 0.131. The van der Waals surface area contributed by atoms with Crippen molar-refractivity contribution in [3.8, 4) is 0 Å². The molecule has 0 aromatic heterocycles. The molecule has 3 nitrogen and oxygen atoms in total. The lowest BCUT2D eigenvalue weighted by atomic mass is 10.1. The van der Waals surface area contributed by atoms with Gasteiger partial charge in [0.1, 0.15) is 9.84 Å². The molecule has 0 spiro atoms. The van der Waals surface area contributed by atoms with Crippen molar-refractivity contribution in [3.63, 3.8) is 0 Å². The Morgan fingerprint density at radius 1 is 1.33 bits per heavy atom. The summed E-state index contributed by atoms with van der Waals surface area (Å²) in [5, 5.41) is 10.0. The van der Waals surface area contributed by atoms with Gasteiger partial charge in [0.05, 0.1) is 11.9 Å². The summed E-state index contributed by atoms with van der Waals surface area (Å²) in [6.07, 6.45) is 0.258. The van der Waals surface area contributed by atoms with Crippen LogP contribution in [0.1, 0.15) is 31.4 Å². The van der Waals surface area contributed by atoms with Crippen LogP contribution in [0.4, 0.5) is 0 Å². The van der Waals surface area contributed by atoms with Crippen LogP contribution in [-0.2, 0) is 9.84 Å². The van der Waals surface area contributed by atoms with Crippen LogP contribution in [0.5, 0.6) is 0 Å². The molecule has 0 aliphatic heterocycles. The van der Waals surface area contributed by atoms with Gasteiger partial charge in [-0.15, -0.1) is 0 Å². The highest BCUT2D eigenvalue weighted by atomic mass is 79.9. The maximum Gasteiger partial charge on any atom is 0.150 e. The molecule has 0 aliphatic carbocycles. The first-order valence-electron chi connectivity index (χ1n) is 5.69. The maximum atomic E-state index is 11.3. The molecule has 0 fully saturated rings. The molecule has 0 aliphatic rings. The van der Waals surface area contributed by atoms with Gasteiger partial charge in [0.25, 0.3) is 0 Å². The molecule has 0 saturated carbocycles. The van der Waals surface area contributed by atoms with Gasteiger partial charge in [-0.05, 0) is 36.6 Å². The van der Waals surface area contributed by atoms with Gasteiger partial charge in [0.2, 0.25) is 0 Å². The van der Waals surface area contributed by atoms with Crippen LogP contribution >= 0.6 is 31.9 Å². The zero-order valence-electron chi connectivity index (χ0n) is 10.1. The molecule has 0 amide bonds. The molecule has 1 unspecified atom stereocenters. The van der Waals surface area contributed by atoms with E-state index in [4.69, 9.17) is 0 Å². The molecule has 1 N–H and O–H groups in total. The second kappa shape index (κ2) is 7.03. The molecule has 0 saturated heterocycles. The van der Waals surface area contributed by atoms with E-state index in [1.807, 2.05) is 18.2 Å². The fourth-order valence-corrected chi connectivity index (χ4v) is 3.35. The zero-order chi connectivity index (χ0) is 13.8. The summed E-state index contributed by atoms with van der Waals surface area (Å²) in [6.45, 7) is 1.64. The largest absolute Gasteiger partial charge is 0.388 e. The number of aliphatic hydroxyl groups excluding tert-OH is 1. The quantitative estimate of drug-likeness (QED) is 0.796. The topological polar surface area (TPSA) is 54.4 Å². The molecule has 1 aromatic rings. The third-order valence-electron chi connectivity index (χ3n) is 2.69. The Balaban J connectivity index is 2.61. The predicted octanol–water partition coefficient (Wildman–Crippen LogP) is 3.46. The molecular formula is C12H16Br2O3S. The maximum absolute atomic E-state index is 11.3. The number of hydrogen-bond donors (Lipinski definition) is 1. The van der Waals surface area contributed by atoms with E-state index in [2.05, 4.69) is 31.9 Å². The van der Waals surface area contributed by atoms with Crippen molar-refractivity contribution in [2.75, 3.05) is 11.5 Å². The van der Waals surface area contributed by atoms with Gasteiger partial charge in [-0.2, -0.15) is 0 Å². The van der Waals surface area contributed by atoms with Gasteiger partial charge in [0, 0.05) is 14.7 Å². The monoisotopic (exact) mass is 398 g/mol. The van der Waals surface area contributed by atoms with Gasteiger partial charge in [-0.25, -0.2) is 8.42 Å². The summed E-state index contributed by atoms with van der Waals surface area (Å²) < 4.78 is 24.4. The molecule has 0 radical (unpaired) electrons. The first-order chi connectivity index (χ1) is 8.35. The van der Waals surface area contributed by atoms with E-state index in [0.717, 1.165) is 14.5 Å². The van der Waals surface area contributed by atoms with Gasteiger partial charge < -0.3 is 5.11 Å². The first kappa shape index (κ1) is 16.1. The lowest BCUT2D eigenvalue weighted by molar-refractivity contribution is 0.166. The third kappa shape index (κ3) is 4.99. The van der Waals surface area contributed by atoms with Crippen LogP contribution in [0, 0.1) is 0 Å². The van der Waals surface area contributed by atoms with Gasteiger partial charge in [0.15, 0.2) is 0 Å². The number of hydrogen-bond acceptors (Lipinski definition) is 3. The average Bonchev–Trinajstić information content (AvgIpc) is 2.32. The number of benzene rings is 1. The van der Waals surface area contributed by atoms with Crippen molar-refractivity contribution < 1.29 is 13.5 Å². The summed E-state index contributed by atoms with van der Waals surface area (Å²) in [7, 11) is -2.95. The van der Waals surface area contributed by atoms with E-state index in [9.17, 15) is 13.5 Å². The van der Waals surface area contributed by atoms with E-state index in [0.29, 0.717) is 12.8 Å². The summed E-state index contributed by atoms with van der Waals surface area (Å²) in [5.41, 5.74) is 0.776. The van der Waals surface area contributed by atoms with Crippen LogP contribution in [0.15, 0.2) is 27.1 Å². The van der Waals surface area contributed by atoms with E-state index in [-0.39, 0.29) is 11.5 Å². The summed E-state index contributed by atoms with van der Waals surface area (Å²) in [4.78, 5) is 0. The molecule has 1 aromatic carbocycles. The Morgan fingerprint density at radius 3 is 2.61 bits per heavy atom. The predicted molar refractivity (Wildman–Crippen MR) is 80.4 cm³/mol. The van der Waals surface area contributed by atoms with Crippen LogP contribution in [0.3, 0.4) is 0 Å². The van der Waals surface area contributed by atoms with Crippen molar-refractivity contribution in [2.45, 2.75) is 25.9 Å². The highest BCUT2D eigenvalue weighted by Gasteiger charge is 2.14. The number of sulfone groups is 1. The Morgan fingerprint density at radius 2 is 2.00 bits per heavy atom. The second-order valence-corrected chi connectivity index (χ2v) is 8.30. The van der Waals surface area contributed by atoms with Crippen molar-refractivity contribution in [3.05, 3.63) is 32.7 Å². The van der Waals surface area contributed by atoms with E-state index >= 15 is 0 Å². The van der Waals surface area contributed by atoms with Crippen molar-refractivity contribution >= 4 is 41.7 Å². The van der Waals surface area contributed by atoms with Crippen molar-refractivity contribution in [2.24, 2.45) is 0 Å². The van der Waals surface area contributed by atoms with Gasteiger partial charge >= 0.3 is 0 Å². The lowest BCUT2D eigenvalue weighted by Gasteiger charge is -2.13. The highest BCUT2D eigenvalue weighted by Crippen LogP contribution is 2.29. The van der Waals surface area contributed by atoms with Crippen LogP contribution < -0.4 is 0 Å². The van der Waals surface area contributed by atoms with Crippen LogP contribution in [0.2, 0.25) is 0 Å². The minimum Gasteiger partial charge on any atom is -0.388 e. The number of halogens is 2. The molecule has 102 valence electrons. The smallest absolute Gasteiger partial charge is 0.150 e. The Labute approximate surface area is 125 Å². The van der Waals surface area contributed by atoms with Crippen molar-refractivity contribution in [1.29, 1.82) is 0 Å². The number of aliphatic hydroxyl groups is 1. The summed E-state index contributed by atoms with van der Waals surface area (Å²) >= 11 is 6.72. The molecule has 0 bridgehead atoms.